The Kier molecular flexibility index (Phi) is 5.32. The van der Waals surface area contributed by atoms with Gasteiger partial charge in [0.15, 0.2) is 0 Å². The van der Waals surface area contributed by atoms with Crippen LogP contribution in [0.5, 0.6) is 0 Å². The van der Waals surface area contributed by atoms with Crippen molar-refractivity contribution in [3.05, 3.63) is 94.3 Å². The summed E-state index contributed by atoms with van der Waals surface area (Å²) < 4.78 is 0. The quantitative estimate of drug-likeness (QED) is 0.682. The number of benzene rings is 2. The summed E-state index contributed by atoms with van der Waals surface area (Å²) in [6, 6.07) is 18.1. The van der Waals surface area contributed by atoms with Crippen molar-refractivity contribution in [2.24, 2.45) is 0 Å². The van der Waals surface area contributed by atoms with Crippen LogP contribution in [0.15, 0.2) is 66.9 Å². The third kappa shape index (κ3) is 4.00. The molecule has 0 radical (unpaired) electrons. The van der Waals surface area contributed by atoms with Crippen LogP contribution in [0.4, 0.5) is 5.69 Å². The molecule has 29 heavy (non-hydrogen) atoms. The standard InChI is InChI=1S/C23H20ClN3O2/c1-15-4-6-16(7-5-15)14-26-21(28)13-20-22-19(3-2-12-25-22)23(29)27(20)18-10-8-17(24)9-11-18/h2-12,20H,13-14H2,1H3,(H,26,28)/t20-/m1/s1. The summed E-state index contributed by atoms with van der Waals surface area (Å²) in [5, 5.41) is 3.53. The van der Waals surface area contributed by atoms with Gasteiger partial charge in [0.05, 0.1) is 23.7 Å². The van der Waals surface area contributed by atoms with Crippen molar-refractivity contribution in [1.29, 1.82) is 0 Å². The number of nitrogens with zero attached hydrogens (tertiary/aromatic N) is 2. The Balaban J connectivity index is 1.55. The average Bonchev–Trinajstić information content (AvgIpc) is 3.00. The number of anilines is 1. The van der Waals surface area contributed by atoms with Crippen LogP contribution in [-0.2, 0) is 11.3 Å². The van der Waals surface area contributed by atoms with Crippen molar-refractivity contribution in [2.75, 3.05) is 4.90 Å². The molecule has 4 rings (SSSR count). The Bertz CT molecular complexity index is 1050. The highest BCUT2D eigenvalue weighted by Crippen LogP contribution is 2.38. The highest BCUT2D eigenvalue weighted by atomic mass is 35.5. The number of fused-ring (bicyclic) bond motifs is 1. The number of nitrogens with one attached hydrogen (secondary N) is 1. The van der Waals surface area contributed by atoms with E-state index in [-0.39, 0.29) is 18.2 Å². The van der Waals surface area contributed by atoms with E-state index in [1.807, 2.05) is 31.2 Å². The second-order valence-corrected chi connectivity index (χ2v) is 7.51. The lowest BCUT2D eigenvalue weighted by Gasteiger charge is -2.24. The molecule has 3 aromatic rings. The maximum atomic E-state index is 13.0. The minimum Gasteiger partial charge on any atom is -0.352 e. The van der Waals surface area contributed by atoms with E-state index in [0.717, 1.165) is 5.56 Å². The lowest BCUT2D eigenvalue weighted by molar-refractivity contribution is -0.121. The minimum atomic E-state index is -0.460. The topological polar surface area (TPSA) is 62.3 Å². The molecule has 1 atom stereocenters. The molecular weight excluding hydrogens is 386 g/mol. The monoisotopic (exact) mass is 405 g/mol. The average molecular weight is 406 g/mol. The van der Waals surface area contributed by atoms with E-state index >= 15 is 0 Å². The van der Waals surface area contributed by atoms with Crippen LogP contribution in [0.1, 0.15) is 39.6 Å². The van der Waals surface area contributed by atoms with E-state index in [4.69, 9.17) is 11.6 Å². The van der Waals surface area contributed by atoms with Gasteiger partial charge in [0.2, 0.25) is 5.91 Å². The summed E-state index contributed by atoms with van der Waals surface area (Å²) in [4.78, 5) is 31.7. The molecule has 1 aliphatic rings. The van der Waals surface area contributed by atoms with Crippen molar-refractivity contribution in [1.82, 2.24) is 10.3 Å². The molecule has 1 aliphatic heterocycles. The van der Waals surface area contributed by atoms with Gasteiger partial charge < -0.3 is 5.32 Å². The van der Waals surface area contributed by atoms with Gasteiger partial charge in [-0.3, -0.25) is 19.5 Å². The molecule has 0 spiro atoms. The van der Waals surface area contributed by atoms with E-state index in [0.29, 0.717) is 28.5 Å². The zero-order valence-corrected chi connectivity index (χ0v) is 16.7. The van der Waals surface area contributed by atoms with Gasteiger partial charge in [0, 0.05) is 23.5 Å². The number of aromatic nitrogens is 1. The van der Waals surface area contributed by atoms with Gasteiger partial charge in [0.25, 0.3) is 5.91 Å². The lowest BCUT2D eigenvalue weighted by atomic mass is 10.1. The molecule has 0 fully saturated rings. The first-order valence-electron chi connectivity index (χ1n) is 9.39. The molecule has 0 saturated heterocycles. The molecular formula is C23H20ClN3O2. The first-order valence-corrected chi connectivity index (χ1v) is 9.77. The van der Waals surface area contributed by atoms with Gasteiger partial charge >= 0.3 is 0 Å². The van der Waals surface area contributed by atoms with Gasteiger partial charge in [-0.2, -0.15) is 0 Å². The summed E-state index contributed by atoms with van der Waals surface area (Å²) in [5.41, 5.74) is 4.04. The SMILES string of the molecule is Cc1ccc(CNC(=O)C[C@@H]2c3ncccc3C(=O)N2c2ccc(Cl)cc2)cc1. The Labute approximate surface area is 174 Å². The summed E-state index contributed by atoms with van der Waals surface area (Å²) >= 11 is 5.99. The van der Waals surface area contributed by atoms with Gasteiger partial charge in [-0.05, 0) is 48.9 Å². The normalized spacial score (nSPS) is 15.3. The number of rotatable bonds is 5. The summed E-state index contributed by atoms with van der Waals surface area (Å²) in [7, 11) is 0. The summed E-state index contributed by atoms with van der Waals surface area (Å²) in [6.07, 6.45) is 1.78. The van der Waals surface area contributed by atoms with Crippen LogP contribution in [0, 0.1) is 6.92 Å². The summed E-state index contributed by atoms with van der Waals surface area (Å²) in [5.74, 6) is -0.299. The van der Waals surface area contributed by atoms with E-state index in [2.05, 4.69) is 10.3 Å². The number of pyridine rings is 1. The molecule has 1 aromatic heterocycles. The predicted molar refractivity (Wildman–Crippen MR) is 113 cm³/mol. The van der Waals surface area contributed by atoms with Crippen molar-refractivity contribution in [3.63, 3.8) is 0 Å². The molecule has 0 bridgehead atoms. The third-order valence-corrected chi connectivity index (χ3v) is 5.26. The number of carbonyl (C=O) groups excluding carboxylic acids is 2. The van der Waals surface area contributed by atoms with Crippen molar-refractivity contribution in [2.45, 2.75) is 25.9 Å². The molecule has 2 aromatic carbocycles. The van der Waals surface area contributed by atoms with Gasteiger partial charge in [0.1, 0.15) is 0 Å². The fourth-order valence-electron chi connectivity index (χ4n) is 3.50. The molecule has 0 unspecified atom stereocenters. The van der Waals surface area contributed by atoms with Crippen LogP contribution < -0.4 is 10.2 Å². The maximum absolute atomic E-state index is 13.0. The molecule has 6 heteroatoms. The Morgan fingerprint density at radius 3 is 2.55 bits per heavy atom. The van der Waals surface area contributed by atoms with Gasteiger partial charge in [-0.1, -0.05) is 41.4 Å². The predicted octanol–water partition coefficient (Wildman–Crippen LogP) is 4.45. The Morgan fingerprint density at radius 2 is 1.83 bits per heavy atom. The molecule has 1 N–H and O–H groups in total. The van der Waals surface area contributed by atoms with E-state index in [1.165, 1.54) is 5.56 Å². The van der Waals surface area contributed by atoms with Crippen LogP contribution in [-0.4, -0.2) is 16.8 Å². The maximum Gasteiger partial charge on any atom is 0.260 e. The number of amides is 2. The van der Waals surface area contributed by atoms with E-state index in [1.54, 1.807) is 47.5 Å². The van der Waals surface area contributed by atoms with E-state index < -0.39 is 6.04 Å². The van der Waals surface area contributed by atoms with Crippen LogP contribution in [0.2, 0.25) is 5.02 Å². The second kappa shape index (κ2) is 8.05. The number of halogens is 1. The van der Waals surface area contributed by atoms with Crippen LogP contribution >= 0.6 is 11.6 Å². The molecule has 146 valence electrons. The van der Waals surface area contributed by atoms with Crippen LogP contribution in [0.3, 0.4) is 0 Å². The smallest absolute Gasteiger partial charge is 0.260 e. The van der Waals surface area contributed by atoms with Gasteiger partial charge in [-0.15, -0.1) is 0 Å². The lowest BCUT2D eigenvalue weighted by Crippen LogP contribution is -2.32. The molecule has 2 amide bonds. The largest absolute Gasteiger partial charge is 0.352 e. The second-order valence-electron chi connectivity index (χ2n) is 7.07. The highest BCUT2D eigenvalue weighted by Gasteiger charge is 2.39. The van der Waals surface area contributed by atoms with Crippen LogP contribution in [0.25, 0.3) is 0 Å². The number of hydrogen-bond acceptors (Lipinski definition) is 3. The Hall–Kier alpha value is -3.18. The van der Waals surface area contributed by atoms with E-state index in [9.17, 15) is 9.59 Å². The summed E-state index contributed by atoms with van der Waals surface area (Å²) in [6.45, 7) is 2.46. The zero-order valence-electron chi connectivity index (χ0n) is 15.9. The molecule has 5 nitrogen and oxygen atoms in total. The molecule has 0 aliphatic carbocycles. The minimum absolute atomic E-state index is 0.129. The van der Waals surface area contributed by atoms with Crippen molar-refractivity contribution < 1.29 is 9.59 Å². The highest BCUT2D eigenvalue weighted by molar-refractivity contribution is 6.30. The van der Waals surface area contributed by atoms with Gasteiger partial charge in [-0.25, -0.2) is 0 Å². The van der Waals surface area contributed by atoms with Crippen molar-refractivity contribution >= 4 is 29.1 Å². The number of hydrogen-bond donors (Lipinski definition) is 1. The zero-order chi connectivity index (χ0) is 20.4. The van der Waals surface area contributed by atoms with Crippen molar-refractivity contribution in [3.8, 4) is 0 Å². The molecule has 2 heterocycles. The number of aryl methyl sites for hydroxylation is 1. The first kappa shape index (κ1) is 19.2. The first-order chi connectivity index (χ1) is 14.0. The third-order valence-electron chi connectivity index (χ3n) is 5.01. The number of carbonyl (C=O) groups is 2. The Morgan fingerprint density at radius 1 is 1.10 bits per heavy atom. The fourth-order valence-corrected chi connectivity index (χ4v) is 3.62. The fraction of sp³-hybridized carbons (Fsp3) is 0.174. The molecule has 0 saturated carbocycles.